The number of pyridine rings is 1. The Hall–Kier alpha value is -2.50. The maximum Gasteiger partial charge on any atom is 0.410 e. The smallest absolute Gasteiger partial charge is 0.410 e. The molecule has 1 aliphatic rings. The van der Waals surface area contributed by atoms with Gasteiger partial charge in [-0.2, -0.15) is 0 Å². The van der Waals surface area contributed by atoms with Crippen molar-refractivity contribution < 1.29 is 14.3 Å². The molecule has 1 atom stereocenters. The van der Waals surface area contributed by atoms with Crippen molar-refractivity contribution in [3.05, 3.63) is 30.0 Å². The number of aryl methyl sites for hydroxylation is 1. The Kier molecular flexibility index (Phi) is 5.44. The zero-order chi connectivity index (χ0) is 19.6. The van der Waals surface area contributed by atoms with Gasteiger partial charge in [-0.15, -0.1) is 0 Å². The Morgan fingerprint density at radius 1 is 1.30 bits per heavy atom. The molecular weight excluding hydrogens is 342 g/mol. The highest BCUT2D eigenvalue weighted by Gasteiger charge is 2.28. The molecule has 6 heteroatoms. The molecule has 0 unspecified atom stereocenters. The maximum atomic E-state index is 12.4. The number of aromatic nitrogens is 1. The van der Waals surface area contributed by atoms with Gasteiger partial charge < -0.3 is 19.7 Å². The predicted octanol–water partition coefficient (Wildman–Crippen LogP) is 4.36. The van der Waals surface area contributed by atoms with Crippen LogP contribution in [0.4, 0.5) is 10.6 Å². The van der Waals surface area contributed by atoms with Crippen molar-refractivity contribution in [2.24, 2.45) is 0 Å². The number of carbonyl (C=O) groups excluding carboxylic acids is 1. The number of hydrogen-bond acceptors (Lipinski definition) is 5. The molecular formula is C21H29N3O3. The number of rotatable bonds is 3. The number of ether oxygens (including phenoxy) is 2. The minimum Gasteiger partial charge on any atom is -0.496 e. The second kappa shape index (κ2) is 7.62. The van der Waals surface area contributed by atoms with Gasteiger partial charge in [-0.25, -0.2) is 9.78 Å². The highest BCUT2D eigenvalue weighted by molar-refractivity contribution is 5.98. The van der Waals surface area contributed by atoms with E-state index in [2.05, 4.69) is 17.2 Å². The van der Waals surface area contributed by atoms with E-state index >= 15 is 0 Å². The van der Waals surface area contributed by atoms with Crippen LogP contribution in [-0.4, -0.2) is 47.8 Å². The highest BCUT2D eigenvalue weighted by Crippen LogP contribution is 2.32. The van der Waals surface area contributed by atoms with Gasteiger partial charge in [0, 0.05) is 36.1 Å². The molecule has 0 radical (unpaired) electrons. The third kappa shape index (κ3) is 4.43. The van der Waals surface area contributed by atoms with Gasteiger partial charge in [0.2, 0.25) is 0 Å². The molecule has 1 saturated heterocycles. The molecule has 2 aromatic rings. The topological polar surface area (TPSA) is 63.7 Å². The number of benzene rings is 1. The molecule has 2 heterocycles. The van der Waals surface area contributed by atoms with E-state index in [1.165, 1.54) is 0 Å². The van der Waals surface area contributed by atoms with Gasteiger partial charge in [0.15, 0.2) is 0 Å². The van der Waals surface area contributed by atoms with Crippen molar-refractivity contribution in [3.8, 4) is 5.75 Å². The lowest BCUT2D eigenvalue weighted by Gasteiger charge is -2.34. The third-order valence-electron chi connectivity index (χ3n) is 4.73. The zero-order valence-electron chi connectivity index (χ0n) is 16.8. The van der Waals surface area contributed by atoms with Crippen molar-refractivity contribution in [1.82, 2.24) is 9.88 Å². The van der Waals surface area contributed by atoms with Crippen molar-refractivity contribution in [1.29, 1.82) is 0 Å². The van der Waals surface area contributed by atoms with Crippen molar-refractivity contribution in [2.45, 2.75) is 52.2 Å². The van der Waals surface area contributed by atoms with Crippen LogP contribution in [0.1, 0.15) is 39.2 Å². The summed E-state index contributed by atoms with van der Waals surface area (Å²) in [5.41, 5.74) is 0.656. The van der Waals surface area contributed by atoms with Crippen LogP contribution in [0.3, 0.4) is 0 Å². The number of nitrogens with zero attached hydrogens (tertiary/aromatic N) is 2. The summed E-state index contributed by atoms with van der Waals surface area (Å²) in [6.45, 7) is 9.07. The lowest BCUT2D eigenvalue weighted by molar-refractivity contribution is 0.0206. The molecule has 0 spiro atoms. The van der Waals surface area contributed by atoms with Crippen LogP contribution in [0.25, 0.3) is 10.8 Å². The summed E-state index contributed by atoms with van der Waals surface area (Å²) in [6.07, 6.45) is 3.46. The SMILES string of the molecule is COc1ccc(C)c2c(N[C@@H]3CCCN(C(=O)OC(C)(C)C)C3)nccc12. The van der Waals surface area contributed by atoms with E-state index in [9.17, 15) is 4.79 Å². The Labute approximate surface area is 160 Å². The summed E-state index contributed by atoms with van der Waals surface area (Å²) in [5.74, 6) is 1.67. The standard InChI is InChI=1S/C21H29N3O3/c1-14-8-9-17(26-5)16-10-11-22-19(18(14)16)23-15-7-6-12-24(13-15)20(25)27-21(2,3)4/h8-11,15H,6-7,12-13H2,1-5H3,(H,22,23)/t15-/m1/s1. The quantitative estimate of drug-likeness (QED) is 0.868. The molecule has 27 heavy (non-hydrogen) atoms. The Morgan fingerprint density at radius 2 is 2.07 bits per heavy atom. The minimum absolute atomic E-state index is 0.134. The van der Waals surface area contributed by atoms with E-state index in [4.69, 9.17) is 9.47 Å². The number of hydrogen-bond donors (Lipinski definition) is 1. The van der Waals surface area contributed by atoms with Gasteiger partial charge in [-0.1, -0.05) is 6.07 Å². The van der Waals surface area contributed by atoms with Crippen molar-refractivity contribution in [3.63, 3.8) is 0 Å². The number of fused-ring (bicyclic) bond motifs is 1. The lowest BCUT2D eigenvalue weighted by atomic mass is 10.0. The molecule has 1 fully saturated rings. The van der Waals surface area contributed by atoms with Gasteiger partial charge in [-0.3, -0.25) is 0 Å². The molecule has 1 aliphatic heterocycles. The van der Waals surface area contributed by atoms with E-state index in [0.29, 0.717) is 6.54 Å². The molecule has 1 amide bonds. The fourth-order valence-electron chi connectivity index (χ4n) is 3.51. The Bertz CT molecular complexity index is 829. The van der Waals surface area contributed by atoms with E-state index in [0.717, 1.165) is 47.3 Å². The van der Waals surface area contributed by atoms with Crippen LogP contribution in [0.15, 0.2) is 24.4 Å². The van der Waals surface area contributed by atoms with Crippen LogP contribution in [0.5, 0.6) is 5.75 Å². The van der Waals surface area contributed by atoms with Crippen LogP contribution in [-0.2, 0) is 4.74 Å². The van der Waals surface area contributed by atoms with Crippen LogP contribution in [0.2, 0.25) is 0 Å². The van der Waals surface area contributed by atoms with Crippen LogP contribution < -0.4 is 10.1 Å². The van der Waals surface area contributed by atoms with Gasteiger partial charge in [0.25, 0.3) is 0 Å². The largest absolute Gasteiger partial charge is 0.496 e. The van der Waals surface area contributed by atoms with Gasteiger partial charge in [-0.05, 0) is 58.2 Å². The molecule has 1 aromatic carbocycles. The number of amides is 1. The first kappa shape index (κ1) is 19.3. The molecule has 0 saturated carbocycles. The van der Waals surface area contributed by atoms with Crippen molar-refractivity contribution in [2.75, 3.05) is 25.5 Å². The summed E-state index contributed by atoms with van der Waals surface area (Å²) in [4.78, 5) is 18.8. The summed E-state index contributed by atoms with van der Waals surface area (Å²) in [7, 11) is 1.68. The first-order valence-electron chi connectivity index (χ1n) is 9.45. The average molecular weight is 371 g/mol. The number of nitrogens with one attached hydrogen (secondary N) is 1. The number of methoxy groups -OCH3 is 1. The first-order valence-corrected chi connectivity index (χ1v) is 9.45. The molecule has 0 aliphatic carbocycles. The summed E-state index contributed by atoms with van der Waals surface area (Å²) < 4.78 is 11.0. The fourth-order valence-corrected chi connectivity index (χ4v) is 3.51. The molecule has 0 bridgehead atoms. The lowest BCUT2D eigenvalue weighted by Crippen LogP contribution is -2.47. The third-order valence-corrected chi connectivity index (χ3v) is 4.73. The average Bonchev–Trinajstić information content (AvgIpc) is 2.61. The van der Waals surface area contributed by atoms with E-state index in [1.54, 1.807) is 18.2 Å². The number of piperidine rings is 1. The summed E-state index contributed by atoms with van der Waals surface area (Å²) in [6, 6.07) is 6.13. The zero-order valence-corrected chi connectivity index (χ0v) is 16.8. The van der Waals surface area contributed by atoms with Gasteiger partial charge in [0.05, 0.1) is 7.11 Å². The Morgan fingerprint density at radius 3 is 2.78 bits per heavy atom. The van der Waals surface area contributed by atoms with Crippen molar-refractivity contribution >= 4 is 22.7 Å². The normalized spacial score (nSPS) is 17.7. The number of likely N-dealkylation sites (tertiary alicyclic amines) is 1. The Balaban J connectivity index is 1.80. The minimum atomic E-state index is -0.484. The summed E-state index contributed by atoms with van der Waals surface area (Å²) >= 11 is 0. The molecule has 1 N–H and O–H groups in total. The second-order valence-electron chi connectivity index (χ2n) is 8.08. The van der Waals surface area contributed by atoms with E-state index in [1.807, 2.05) is 39.0 Å². The van der Waals surface area contributed by atoms with E-state index < -0.39 is 5.60 Å². The maximum absolute atomic E-state index is 12.4. The number of anilines is 1. The van der Waals surface area contributed by atoms with Crippen LogP contribution >= 0.6 is 0 Å². The second-order valence-corrected chi connectivity index (χ2v) is 8.08. The molecule has 3 rings (SSSR count). The summed E-state index contributed by atoms with van der Waals surface area (Å²) in [5, 5.41) is 5.65. The first-order chi connectivity index (χ1) is 12.8. The van der Waals surface area contributed by atoms with Gasteiger partial charge in [0.1, 0.15) is 17.2 Å². The molecule has 6 nitrogen and oxygen atoms in total. The monoisotopic (exact) mass is 371 g/mol. The predicted molar refractivity (Wildman–Crippen MR) is 107 cm³/mol. The fraction of sp³-hybridized carbons (Fsp3) is 0.524. The highest BCUT2D eigenvalue weighted by atomic mass is 16.6. The van der Waals surface area contributed by atoms with E-state index in [-0.39, 0.29) is 12.1 Å². The van der Waals surface area contributed by atoms with Crippen LogP contribution in [0, 0.1) is 6.92 Å². The number of carbonyl (C=O) groups is 1. The molecule has 146 valence electrons. The van der Waals surface area contributed by atoms with Gasteiger partial charge >= 0.3 is 6.09 Å². The molecule has 1 aromatic heterocycles.